The first kappa shape index (κ1) is 21.2. The molecule has 0 radical (unpaired) electrons. The summed E-state index contributed by atoms with van der Waals surface area (Å²) >= 11 is 0. The summed E-state index contributed by atoms with van der Waals surface area (Å²) in [5.41, 5.74) is 1.18. The number of ether oxygens (including phenoxy) is 2. The number of nitrogens with one attached hydrogen (secondary N) is 1. The number of carbonyl (C=O) groups is 1. The maximum absolute atomic E-state index is 14.2. The summed E-state index contributed by atoms with van der Waals surface area (Å²) in [5, 5.41) is 2.64. The van der Waals surface area contributed by atoms with Crippen LogP contribution in [-0.4, -0.2) is 58.1 Å². The number of amides is 1. The van der Waals surface area contributed by atoms with Gasteiger partial charge >= 0.3 is 0 Å². The van der Waals surface area contributed by atoms with Crippen molar-refractivity contribution in [2.75, 3.05) is 39.5 Å². The Kier molecular flexibility index (Phi) is 6.83. The van der Waals surface area contributed by atoms with Gasteiger partial charge in [0.2, 0.25) is 10.0 Å². The standard InChI is InChI=1S/C20H23FN2O5S/c1-15-2-5-17(6-3-15)28-11-8-22-20(24)16-4-7-18(21)19(14-16)29(25,26)23-9-12-27-13-10-23/h2-7,14H,8-13H2,1H3,(H,22,24). The normalized spacial score (nSPS) is 15.1. The fourth-order valence-electron chi connectivity index (χ4n) is 2.84. The van der Waals surface area contributed by atoms with Gasteiger partial charge in [0.25, 0.3) is 5.91 Å². The minimum atomic E-state index is -4.04. The molecule has 1 amide bonds. The van der Waals surface area contributed by atoms with E-state index in [0.29, 0.717) is 5.75 Å². The second kappa shape index (κ2) is 9.34. The minimum Gasteiger partial charge on any atom is -0.492 e. The molecule has 0 bridgehead atoms. The molecule has 1 aliphatic heterocycles. The molecular formula is C20H23FN2O5S. The van der Waals surface area contributed by atoms with Crippen LogP contribution in [0.15, 0.2) is 47.4 Å². The first-order valence-electron chi connectivity index (χ1n) is 9.23. The maximum atomic E-state index is 14.2. The van der Waals surface area contributed by atoms with Crippen LogP contribution < -0.4 is 10.1 Å². The van der Waals surface area contributed by atoms with Crippen molar-refractivity contribution in [3.8, 4) is 5.75 Å². The number of sulfonamides is 1. The van der Waals surface area contributed by atoms with Crippen LogP contribution in [0.3, 0.4) is 0 Å². The summed E-state index contributed by atoms with van der Waals surface area (Å²) in [6, 6.07) is 10.8. The predicted molar refractivity (Wildman–Crippen MR) is 105 cm³/mol. The van der Waals surface area contributed by atoms with Crippen molar-refractivity contribution in [3.05, 3.63) is 59.4 Å². The first-order valence-corrected chi connectivity index (χ1v) is 10.7. The Hall–Kier alpha value is -2.49. The lowest BCUT2D eigenvalue weighted by Crippen LogP contribution is -2.41. The van der Waals surface area contributed by atoms with Gasteiger partial charge in [-0.2, -0.15) is 4.31 Å². The summed E-state index contributed by atoms with van der Waals surface area (Å²) in [6.45, 7) is 3.23. The first-order chi connectivity index (χ1) is 13.9. The molecule has 0 unspecified atom stereocenters. The zero-order chi connectivity index (χ0) is 20.9. The molecule has 29 heavy (non-hydrogen) atoms. The molecule has 9 heteroatoms. The van der Waals surface area contributed by atoms with Crippen LogP contribution >= 0.6 is 0 Å². The van der Waals surface area contributed by atoms with Crippen molar-refractivity contribution in [3.63, 3.8) is 0 Å². The molecule has 3 rings (SSSR count). The third kappa shape index (κ3) is 5.31. The molecule has 7 nitrogen and oxygen atoms in total. The third-order valence-corrected chi connectivity index (χ3v) is 6.37. The van der Waals surface area contributed by atoms with E-state index in [0.717, 1.165) is 22.0 Å². The molecule has 1 fully saturated rings. The number of benzene rings is 2. The fourth-order valence-corrected chi connectivity index (χ4v) is 4.34. The molecule has 1 N–H and O–H groups in total. The van der Waals surface area contributed by atoms with E-state index in [-0.39, 0.29) is 45.0 Å². The van der Waals surface area contributed by atoms with Gasteiger partial charge in [-0.25, -0.2) is 12.8 Å². The van der Waals surface area contributed by atoms with Crippen molar-refractivity contribution in [1.29, 1.82) is 0 Å². The van der Waals surface area contributed by atoms with Crippen molar-refractivity contribution in [2.45, 2.75) is 11.8 Å². The Bertz CT molecular complexity index is 957. The summed E-state index contributed by atoms with van der Waals surface area (Å²) in [6.07, 6.45) is 0. The topological polar surface area (TPSA) is 84.9 Å². The fraction of sp³-hybridized carbons (Fsp3) is 0.350. The number of aryl methyl sites for hydroxylation is 1. The van der Waals surface area contributed by atoms with Gasteiger partial charge in [0.05, 0.1) is 19.8 Å². The van der Waals surface area contributed by atoms with E-state index in [1.807, 2.05) is 31.2 Å². The molecular weight excluding hydrogens is 399 g/mol. The van der Waals surface area contributed by atoms with Crippen LogP contribution in [0.25, 0.3) is 0 Å². The SMILES string of the molecule is Cc1ccc(OCCNC(=O)c2ccc(F)c(S(=O)(=O)N3CCOCC3)c2)cc1. The molecule has 0 atom stereocenters. The zero-order valence-corrected chi connectivity index (χ0v) is 16.9. The lowest BCUT2D eigenvalue weighted by Gasteiger charge is -2.26. The van der Waals surface area contributed by atoms with Crippen LogP contribution in [0.5, 0.6) is 5.75 Å². The second-order valence-corrected chi connectivity index (χ2v) is 8.49. The molecule has 0 saturated carbocycles. The van der Waals surface area contributed by atoms with E-state index in [4.69, 9.17) is 9.47 Å². The predicted octanol–water partition coefficient (Wildman–Crippen LogP) is 1.96. The molecule has 0 aliphatic carbocycles. The highest BCUT2D eigenvalue weighted by Gasteiger charge is 2.29. The Balaban J connectivity index is 1.62. The second-order valence-electron chi connectivity index (χ2n) is 6.58. The lowest BCUT2D eigenvalue weighted by molar-refractivity contribution is 0.0729. The highest BCUT2D eigenvalue weighted by molar-refractivity contribution is 7.89. The molecule has 1 saturated heterocycles. The van der Waals surface area contributed by atoms with E-state index < -0.39 is 26.6 Å². The molecule has 1 aliphatic rings. The number of halogens is 1. The van der Waals surface area contributed by atoms with E-state index in [2.05, 4.69) is 5.32 Å². The molecule has 2 aromatic rings. The van der Waals surface area contributed by atoms with Gasteiger partial charge in [0, 0.05) is 18.7 Å². The summed E-state index contributed by atoms with van der Waals surface area (Å²) in [4.78, 5) is 11.8. The smallest absolute Gasteiger partial charge is 0.251 e. The average molecular weight is 422 g/mol. The van der Waals surface area contributed by atoms with Gasteiger partial charge in [-0.1, -0.05) is 17.7 Å². The highest BCUT2D eigenvalue weighted by Crippen LogP contribution is 2.22. The van der Waals surface area contributed by atoms with Gasteiger partial charge < -0.3 is 14.8 Å². The Morgan fingerprint density at radius 1 is 1.17 bits per heavy atom. The summed E-state index contributed by atoms with van der Waals surface area (Å²) in [7, 11) is -4.04. The number of carbonyl (C=O) groups excluding carboxylic acids is 1. The van der Waals surface area contributed by atoms with Crippen LogP contribution in [0, 0.1) is 12.7 Å². The van der Waals surface area contributed by atoms with Crippen molar-refractivity contribution in [2.24, 2.45) is 0 Å². The number of morpholine rings is 1. The number of hydrogen-bond donors (Lipinski definition) is 1. The van der Waals surface area contributed by atoms with Crippen molar-refractivity contribution >= 4 is 15.9 Å². The Labute approximate surface area is 169 Å². The molecule has 156 valence electrons. The van der Waals surface area contributed by atoms with Crippen LogP contribution in [0.1, 0.15) is 15.9 Å². The molecule has 2 aromatic carbocycles. The zero-order valence-electron chi connectivity index (χ0n) is 16.1. The van der Waals surface area contributed by atoms with Crippen LogP contribution in [0.2, 0.25) is 0 Å². The summed E-state index contributed by atoms with van der Waals surface area (Å²) < 4.78 is 51.5. The number of nitrogens with zero attached hydrogens (tertiary/aromatic N) is 1. The molecule has 0 aromatic heterocycles. The maximum Gasteiger partial charge on any atom is 0.251 e. The Morgan fingerprint density at radius 3 is 2.55 bits per heavy atom. The summed E-state index contributed by atoms with van der Waals surface area (Å²) in [5.74, 6) is -0.711. The van der Waals surface area contributed by atoms with Gasteiger partial charge in [-0.3, -0.25) is 4.79 Å². The lowest BCUT2D eigenvalue weighted by atomic mass is 10.2. The Morgan fingerprint density at radius 2 is 1.86 bits per heavy atom. The number of hydrogen-bond acceptors (Lipinski definition) is 5. The van der Waals surface area contributed by atoms with Gasteiger partial charge in [-0.15, -0.1) is 0 Å². The van der Waals surface area contributed by atoms with Gasteiger partial charge in [0.15, 0.2) is 0 Å². The molecule has 1 heterocycles. The van der Waals surface area contributed by atoms with Gasteiger partial charge in [0.1, 0.15) is 23.1 Å². The minimum absolute atomic E-state index is 0.0635. The van der Waals surface area contributed by atoms with Crippen LogP contribution in [-0.2, 0) is 14.8 Å². The van der Waals surface area contributed by atoms with E-state index in [1.165, 1.54) is 6.07 Å². The van der Waals surface area contributed by atoms with E-state index in [1.54, 1.807) is 0 Å². The van der Waals surface area contributed by atoms with Crippen LogP contribution in [0.4, 0.5) is 4.39 Å². The largest absolute Gasteiger partial charge is 0.492 e. The molecule has 0 spiro atoms. The van der Waals surface area contributed by atoms with Crippen molar-refractivity contribution < 1.29 is 27.1 Å². The quantitative estimate of drug-likeness (QED) is 0.690. The average Bonchev–Trinajstić information content (AvgIpc) is 2.73. The highest BCUT2D eigenvalue weighted by atomic mass is 32.2. The third-order valence-electron chi connectivity index (χ3n) is 4.46. The van der Waals surface area contributed by atoms with E-state index >= 15 is 0 Å². The van der Waals surface area contributed by atoms with Crippen molar-refractivity contribution in [1.82, 2.24) is 9.62 Å². The van der Waals surface area contributed by atoms with E-state index in [9.17, 15) is 17.6 Å². The number of rotatable bonds is 7. The van der Waals surface area contributed by atoms with Gasteiger partial charge in [-0.05, 0) is 37.3 Å². The monoisotopic (exact) mass is 422 g/mol.